The lowest BCUT2D eigenvalue weighted by Crippen LogP contribution is -2.30. The number of carbonyl (C=O) groups excluding carboxylic acids is 1. The number of aryl methyl sites for hydroxylation is 3. The molecule has 0 saturated carbocycles. The summed E-state index contributed by atoms with van der Waals surface area (Å²) < 4.78 is 35.0. The van der Waals surface area contributed by atoms with Gasteiger partial charge in [0.2, 0.25) is 17.6 Å². The fourth-order valence-corrected chi connectivity index (χ4v) is 3.37. The zero-order valence-electron chi connectivity index (χ0n) is 17.8. The number of hydrogen-bond acceptors (Lipinski definition) is 6. The van der Waals surface area contributed by atoms with Crippen LogP contribution in [-0.2, 0) is 11.3 Å². The molecule has 3 aromatic rings. The largest absolute Gasteiger partial charge is 0.434 e. The van der Waals surface area contributed by atoms with Crippen molar-refractivity contribution >= 4 is 11.6 Å². The molecule has 0 fully saturated rings. The normalized spacial score (nSPS) is 11.2. The summed E-state index contributed by atoms with van der Waals surface area (Å²) >= 11 is 0. The third-order valence-electron chi connectivity index (χ3n) is 4.57. The number of ether oxygens (including phenoxy) is 1. The third-order valence-corrected chi connectivity index (χ3v) is 4.57. The number of hydrogen-bond donors (Lipinski definition) is 1. The molecule has 0 unspecified atom stereocenters. The highest BCUT2D eigenvalue weighted by Gasteiger charge is 2.18. The van der Waals surface area contributed by atoms with Gasteiger partial charge in [0.15, 0.2) is 0 Å². The van der Waals surface area contributed by atoms with E-state index in [4.69, 9.17) is 4.52 Å². The Kier molecular flexibility index (Phi) is 6.96. The molecule has 1 heterocycles. The maximum atomic E-state index is 12.6. The smallest absolute Gasteiger partial charge is 0.387 e. The monoisotopic (exact) mass is 430 g/mol. The molecule has 164 valence electrons. The fourth-order valence-electron chi connectivity index (χ4n) is 3.37. The molecule has 0 bridgehead atoms. The molecular formula is C22H24F2N4O3. The zero-order chi connectivity index (χ0) is 22.5. The van der Waals surface area contributed by atoms with Crippen molar-refractivity contribution in [3.8, 4) is 17.1 Å². The van der Waals surface area contributed by atoms with E-state index in [0.29, 0.717) is 5.56 Å². The summed E-state index contributed by atoms with van der Waals surface area (Å²) in [7, 11) is 1.74. The van der Waals surface area contributed by atoms with Crippen molar-refractivity contribution in [1.82, 2.24) is 15.0 Å². The Balaban J connectivity index is 1.63. The molecule has 1 aromatic heterocycles. The number of anilines is 1. The molecule has 1 amide bonds. The van der Waals surface area contributed by atoms with Crippen molar-refractivity contribution in [1.29, 1.82) is 0 Å². The van der Waals surface area contributed by atoms with Gasteiger partial charge >= 0.3 is 6.61 Å². The number of halogens is 2. The Labute approximate surface area is 179 Å². The lowest BCUT2D eigenvalue weighted by Gasteiger charge is -2.16. The van der Waals surface area contributed by atoms with Crippen LogP contribution < -0.4 is 10.1 Å². The molecule has 2 aromatic carbocycles. The second kappa shape index (κ2) is 9.65. The molecule has 3 rings (SSSR count). The molecule has 0 saturated heterocycles. The Hall–Kier alpha value is -3.33. The molecular weight excluding hydrogens is 406 g/mol. The van der Waals surface area contributed by atoms with Gasteiger partial charge in [-0.2, -0.15) is 13.8 Å². The second-order valence-corrected chi connectivity index (χ2v) is 7.38. The topological polar surface area (TPSA) is 80.5 Å². The highest BCUT2D eigenvalue weighted by atomic mass is 19.3. The summed E-state index contributed by atoms with van der Waals surface area (Å²) in [6.45, 7) is 3.28. The minimum Gasteiger partial charge on any atom is -0.434 e. The van der Waals surface area contributed by atoms with Crippen LogP contribution in [0.2, 0.25) is 0 Å². The number of rotatable bonds is 8. The molecule has 1 N–H and O–H groups in total. The fraction of sp³-hybridized carbons (Fsp3) is 0.318. The average molecular weight is 430 g/mol. The van der Waals surface area contributed by atoms with Gasteiger partial charge in [-0.1, -0.05) is 35.0 Å². The van der Waals surface area contributed by atoms with E-state index in [-0.39, 0.29) is 36.5 Å². The maximum absolute atomic E-state index is 12.6. The molecule has 0 radical (unpaired) electrons. The van der Waals surface area contributed by atoms with Crippen molar-refractivity contribution in [2.45, 2.75) is 33.9 Å². The first-order chi connectivity index (χ1) is 14.7. The number of nitrogens with one attached hydrogen (secondary N) is 1. The molecule has 7 nitrogen and oxygen atoms in total. The molecule has 0 aliphatic carbocycles. The number of aromatic nitrogens is 2. The van der Waals surface area contributed by atoms with Gasteiger partial charge < -0.3 is 14.6 Å². The van der Waals surface area contributed by atoms with Crippen LogP contribution in [-0.4, -0.2) is 41.2 Å². The first kappa shape index (κ1) is 22.4. The van der Waals surface area contributed by atoms with Crippen LogP contribution in [0.3, 0.4) is 0 Å². The van der Waals surface area contributed by atoms with Crippen LogP contribution in [0.15, 0.2) is 40.9 Å². The minimum absolute atomic E-state index is 0.0404. The molecule has 9 heteroatoms. The SMILES string of the molecule is Cc1cc(C)c(NC(=O)CN(C)Cc2nc(-c3ccccc3OC(F)F)no2)c(C)c1. The minimum atomic E-state index is -2.96. The zero-order valence-corrected chi connectivity index (χ0v) is 17.8. The predicted molar refractivity (Wildman–Crippen MR) is 112 cm³/mol. The highest BCUT2D eigenvalue weighted by Crippen LogP contribution is 2.29. The van der Waals surface area contributed by atoms with Crippen molar-refractivity contribution in [3.05, 3.63) is 59.0 Å². The van der Waals surface area contributed by atoms with Crippen LogP contribution in [0.4, 0.5) is 14.5 Å². The Morgan fingerprint density at radius 3 is 2.55 bits per heavy atom. The van der Waals surface area contributed by atoms with E-state index in [2.05, 4.69) is 20.2 Å². The van der Waals surface area contributed by atoms with Gasteiger partial charge in [0.25, 0.3) is 0 Å². The summed E-state index contributed by atoms with van der Waals surface area (Å²) in [4.78, 5) is 18.4. The lowest BCUT2D eigenvalue weighted by molar-refractivity contribution is -0.117. The summed E-state index contributed by atoms with van der Waals surface area (Å²) in [5, 5.41) is 6.79. The predicted octanol–water partition coefficient (Wildman–Crippen LogP) is 4.33. The quantitative estimate of drug-likeness (QED) is 0.573. The van der Waals surface area contributed by atoms with E-state index in [9.17, 15) is 13.6 Å². The summed E-state index contributed by atoms with van der Waals surface area (Å²) in [5.41, 5.74) is 4.24. The molecule has 0 atom stereocenters. The van der Waals surface area contributed by atoms with E-state index in [1.165, 1.54) is 6.07 Å². The van der Waals surface area contributed by atoms with E-state index >= 15 is 0 Å². The number of para-hydroxylation sites is 1. The van der Waals surface area contributed by atoms with Gasteiger partial charge in [0.05, 0.1) is 18.7 Å². The van der Waals surface area contributed by atoms with Gasteiger partial charge in [-0.3, -0.25) is 9.69 Å². The van der Waals surface area contributed by atoms with Crippen molar-refractivity contribution in [2.24, 2.45) is 0 Å². The second-order valence-electron chi connectivity index (χ2n) is 7.38. The maximum Gasteiger partial charge on any atom is 0.387 e. The van der Waals surface area contributed by atoms with E-state index in [1.807, 2.05) is 32.9 Å². The van der Waals surface area contributed by atoms with Crippen molar-refractivity contribution in [2.75, 3.05) is 18.9 Å². The number of amides is 1. The first-order valence-corrected chi connectivity index (χ1v) is 9.66. The van der Waals surface area contributed by atoms with Gasteiger partial charge in [-0.05, 0) is 51.1 Å². The van der Waals surface area contributed by atoms with Crippen molar-refractivity contribution < 1.29 is 22.8 Å². The Morgan fingerprint density at radius 1 is 1.19 bits per heavy atom. The van der Waals surface area contributed by atoms with Gasteiger partial charge in [0.1, 0.15) is 5.75 Å². The summed E-state index contributed by atoms with van der Waals surface area (Å²) in [6.07, 6.45) is 0. The van der Waals surface area contributed by atoms with E-state index in [1.54, 1.807) is 30.1 Å². The van der Waals surface area contributed by atoms with Crippen LogP contribution in [0, 0.1) is 20.8 Å². The van der Waals surface area contributed by atoms with Gasteiger partial charge in [-0.15, -0.1) is 0 Å². The van der Waals surface area contributed by atoms with Crippen LogP contribution >= 0.6 is 0 Å². The molecule has 31 heavy (non-hydrogen) atoms. The highest BCUT2D eigenvalue weighted by molar-refractivity contribution is 5.93. The van der Waals surface area contributed by atoms with E-state index < -0.39 is 6.61 Å². The number of alkyl halides is 2. The number of likely N-dealkylation sites (N-methyl/N-ethyl adjacent to an activating group) is 1. The van der Waals surface area contributed by atoms with Crippen molar-refractivity contribution in [3.63, 3.8) is 0 Å². The number of carbonyl (C=O) groups is 1. The van der Waals surface area contributed by atoms with Crippen LogP contribution in [0.1, 0.15) is 22.6 Å². The lowest BCUT2D eigenvalue weighted by atomic mass is 10.1. The number of benzene rings is 2. The Morgan fingerprint density at radius 2 is 1.87 bits per heavy atom. The number of nitrogens with zero attached hydrogens (tertiary/aromatic N) is 3. The Bertz CT molecular complexity index is 1050. The average Bonchev–Trinajstić information content (AvgIpc) is 3.12. The molecule has 0 aliphatic rings. The van der Waals surface area contributed by atoms with Gasteiger partial charge in [0, 0.05) is 5.69 Å². The summed E-state index contributed by atoms with van der Waals surface area (Å²) in [5.74, 6) is 0.171. The van der Waals surface area contributed by atoms with Gasteiger partial charge in [-0.25, -0.2) is 0 Å². The third kappa shape index (κ3) is 5.85. The van der Waals surface area contributed by atoms with Crippen LogP contribution in [0.25, 0.3) is 11.4 Å². The standard InChI is InChI=1S/C22H24F2N4O3/c1-13-9-14(2)20(15(3)10-13)25-18(29)11-28(4)12-19-26-21(27-31-19)16-7-5-6-8-17(16)30-22(23)24/h5-10,22H,11-12H2,1-4H3,(H,25,29). The van der Waals surface area contributed by atoms with Crippen LogP contribution in [0.5, 0.6) is 5.75 Å². The molecule has 0 spiro atoms. The summed E-state index contributed by atoms with van der Waals surface area (Å²) in [6, 6.07) is 10.2. The van der Waals surface area contributed by atoms with E-state index in [0.717, 1.165) is 22.4 Å². The molecule has 0 aliphatic heterocycles. The first-order valence-electron chi connectivity index (χ1n) is 9.66.